The van der Waals surface area contributed by atoms with Crippen LogP contribution in [0.25, 0.3) is 5.70 Å². The molecule has 1 aromatic carbocycles. The highest BCUT2D eigenvalue weighted by Crippen LogP contribution is 2.32. The van der Waals surface area contributed by atoms with E-state index in [1.165, 1.54) is 12.1 Å². The summed E-state index contributed by atoms with van der Waals surface area (Å²) < 4.78 is 13.3. The van der Waals surface area contributed by atoms with Gasteiger partial charge < -0.3 is 10.2 Å². The Bertz CT molecular complexity index is 726. The molecule has 1 amide bonds. The fourth-order valence-corrected chi connectivity index (χ4v) is 2.71. The molecule has 0 aliphatic carbocycles. The van der Waals surface area contributed by atoms with Crippen molar-refractivity contribution >= 4 is 17.3 Å². The second-order valence-electron chi connectivity index (χ2n) is 5.81. The zero-order valence-corrected chi connectivity index (χ0v) is 13.0. The average molecular weight is 311 g/mol. The molecule has 0 bridgehead atoms. The van der Waals surface area contributed by atoms with E-state index >= 15 is 0 Å². The number of halogens is 1. The van der Waals surface area contributed by atoms with Crippen molar-refractivity contribution in [3.63, 3.8) is 0 Å². The molecule has 1 N–H and O–H groups in total. The molecule has 23 heavy (non-hydrogen) atoms. The van der Waals surface area contributed by atoms with E-state index in [4.69, 9.17) is 0 Å². The molecule has 0 spiro atoms. The third kappa shape index (κ3) is 3.08. The highest BCUT2D eigenvalue weighted by molar-refractivity contribution is 6.01. The highest BCUT2D eigenvalue weighted by Gasteiger charge is 2.31. The lowest BCUT2D eigenvalue weighted by molar-refractivity contribution is -0.117. The first-order valence-corrected chi connectivity index (χ1v) is 7.53. The summed E-state index contributed by atoms with van der Waals surface area (Å²) in [6.45, 7) is 4.08. The standard InChI is InChI=1S/C18H18FN3O/c1-12(2)18-21-17(23)11-16(13-7-9-20-10-8-13)22(18)15-5-3-14(19)4-6-15/h3-12,18H,1-2H3,(H,21,23). The van der Waals surface area contributed by atoms with Crippen molar-refractivity contribution in [1.82, 2.24) is 10.3 Å². The van der Waals surface area contributed by atoms with Crippen molar-refractivity contribution in [3.8, 4) is 0 Å². The SMILES string of the molecule is CC(C)C1NC(=O)C=C(c2ccncc2)N1c1ccc(F)cc1. The molecule has 0 saturated carbocycles. The van der Waals surface area contributed by atoms with Crippen LogP contribution in [0.1, 0.15) is 19.4 Å². The number of rotatable bonds is 3. The average Bonchev–Trinajstić information content (AvgIpc) is 2.56. The number of nitrogens with one attached hydrogen (secondary N) is 1. The van der Waals surface area contributed by atoms with Crippen LogP contribution in [0.3, 0.4) is 0 Å². The van der Waals surface area contributed by atoms with Gasteiger partial charge in [0.2, 0.25) is 5.91 Å². The van der Waals surface area contributed by atoms with Crippen LogP contribution in [0, 0.1) is 11.7 Å². The Morgan fingerprint density at radius 1 is 1.13 bits per heavy atom. The Morgan fingerprint density at radius 2 is 1.78 bits per heavy atom. The van der Waals surface area contributed by atoms with Crippen LogP contribution in [0.5, 0.6) is 0 Å². The van der Waals surface area contributed by atoms with Crippen LogP contribution < -0.4 is 10.2 Å². The molecule has 1 atom stereocenters. The van der Waals surface area contributed by atoms with Gasteiger partial charge in [0, 0.05) is 29.7 Å². The van der Waals surface area contributed by atoms with Crippen LogP contribution >= 0.6 is 0 Å². The molecule has 1 aliphatic rings. The summed E-state index contributed by atoms with van der Waals surface area (Å²) in [5.41, 5.74) is 2.50. The second-order valence-corrected chi connectivity index (χ2v) is 5.81. The predicted molar refractivity (Wildman–Crippen MR) is 87.9 cm³/mol. The Balaban J connectivity index is 2.12. The lowest BCUT2D eigenvalue weighted by atomic mass is 10.0. The van der Waals surface area contributed by atoms with Crippen molar-refractivity contribution in [3.05, 3.63) is 66.2 Å². The van der Waals surface area contributed by atoms with Gasteiger partial charge in [0.25, 0.3) is 0 Å². The second kappa shape index (κ2) is 6.20. The molecule has 0 radical (unpaired) electrons. The van der Waals surface area contributed by atoms with Crippen LogP contribution in [0.4, 0.5) is 10.1 Å². The molecule has 4 nitrogen and oxygen atoms in total. The number of benzene rings is 1. The zero-order chi connectivity index (χ0) is 16.4. The van der Waals surface area contributed by atoms with Crippen LogP contribution in [0.15, 0.2) is 54.9 Å². The molecule has 2 aromatic rings. The monoisotopic (exact) mass is 311 g/mol. The van der Waals surface area contributed by atoms with Gasteiger partial charge in [-0.05, 0) is 42.3 Å². The minimum absolute atomic E-state index is 0.131. The third-order valence-corrected chi connectivity index (χ3v) is 3.81. The molecule has 1 unspecified atom stereocenters. The normalized spacial score (nSPS) is 17.9. The quantitative estimate of drug-likeness (QED) is 0.947. The van der Waals surface area contributed by atoms with Crippen LogP contribution in [-0.2, 0) is 4.79 Å². The lowest BCUT2D eigenvalue weighted by Crippen LogP contribution is -2.53. The van der Waals surface area contributed by atoms with Gasteiger partial charge in [0.1, 0.15) is 12.0 Å². The first-order valence-electron chi connectivity index (χ1n) is 7.53. The van der Waals surface area contributed by atoms with Crippen molar-refractivity contribution in [2.24, 2.45) is 5.92 Å². The molecule has 0 fully saturated rings. The van der Waals surface area contributed by atoms with Crippen molar-refractivity contribution in [1.29, 1.82) is 0 Å². The summed E-state index contributed by atoms with van der Waals surface area (Å²) >= 11 is 0. The van der Waals surface area contributed by atoms with Gasteiger partial charge in [0.15, 0.2) is 0 Å². The molecule has 5 heteroatoms. The van der Waals surface area contributed by atoms with Crippen LogP contribution in [0.2, 0.25) is 0 Å². The molecular weight excluding hydrogens is 293 g/mol. The Kier molecular flexibility index (Phi) is 4.10. The summed E-state index contributed by atoms with van der Waals surface area (Å²) in [4.78, 5) is 18.2. The van der Waals surface area contributed by atoms with E-state index in [0.717, 1.165) is 16.9 Å². The van der Waals surface area contributed by atoms with Gasteiger partial charge in [0.05, 0.1) is 5.70 Å². The fourth-order valence-electron chi connectivity index (χ4n) is 2.71. The summed E-state index contributed by atoms with van der Waals surface area (Å²) in [6.07, 6.45) is 4.74. The van der Waals surface area contributed by atoms with Crippen molar-refractivity contribution in [2.45, 2.75) is 20.0 Å². The fraction of sp³-hybridized carbons (Fsp3) is 0.222. The molecule has 1 aromatic heterocycles. The molecule has 3 rings (SSSR count). The number of anilines is 1. The lowest BCUT2D eigenvalue weighted by Gasteiger charge is -2.40. The molecule has 0 saturated heterocycles. The number of aromatic nitrogens is 1. The van der Waals surface area contributed by atoms with Gasteiger partial charge in [-0.25, -0.2) is 4.39 Å². The van der Waals surface area contributed by atoms with Gasteiger partial charge >= 0.3 is 0 Å². The Morgan fingerprint density at radius 3 is 2.39 bits per heavy atom. The first-order chi connectivity index (χ1) is 11.1. The summed E-state index contributed by atoms with van der Waals surface area (Å²) in [7, 11) is 0. The van der Waals surface area contributed by atoms with E-state index in [9.17, 15) is 9.18 Å². The van der Waals surface area contributed by atoms with Crippen molar-refractivity contribution in [2.75, 3.05) is 4.90 Å². The number of nitrogens with zero attached hydrogens (tertiary/aromatic N) is 2. The Hall–Kier alpha value is -2.69. The van der Waals surface area contributed by atoms with E-state index in [1.54, 1.807) is 30.6 Å². The van der Waals surface area contributed by atoms with Gasteiger partial charge in [-0.15, -0.1) is 0 Å². The summed E-state index contributed by atoms with van der Waals surface area (Å²) in [5, 5.41) is 2.98. The van der Waals surface area contributed by atoms with E-state index in [2.05, 4.69) is 10.3 Å². The number of carbonyl (C=O) groups excluding carboxylic acids is 1. The van der Waals surface area contributed by atoms with E-state index in [0.29, 0.717) is 0 Å². The number of hydrogen-bond acceptors (Lipinski definition) is 3. The number of carbonyl (C=O) groups is 1. The van der Waals surface area contributed by atoms with E-state index < -0.39 is 0 Å². The zero-order valence-electron chi connectivity index (χ0n) is 13.0. The minimum atomic E-state index is -0.287. The number of pyridine rings is 1. The maximum absolute atomic E-state index is 13.3. The van der Waals surface area contributed by atoms with Gasteiger partial charge in [-0.3, -0.25) is 9.78 Å². The third-order valence-electron chi connectivity index (χ3n) is 3.81. The molecule has 2 heterocycles. The smallest absolute Gasteiger partial charge is 0.247 e. The summed E-state index contributed by atoms with van der Waals surface area (Å²) in [6, 6.07) is 10.0. The molecule has 118 valence electrons. The maximum atomic E-state index is 13.3. The highest BCUT2D eigenvalue weighted by atomic mass is 19.1. The number of amides is 1. The minimum Gasteiger partial charge on any atom is -0.332 e. The largest absolute Gasteiger partial charge is 0.332 e. The predicted octanol–water partition coefficient (Wildman–Crippen LogP) is 3.18. The van der Waals surface area contributed by atoms with Crippen LogP contribution in [-0.4, -0.2) is 17.1 Å². The molecule has 1 aliphatic heterocycles. The van der Waals surface area contributed by atoms with Crippen molar-refractivity contribution < 1.29 is 9.18 Å². The van der Waals surface area contributed by atoms with Gasteiger partial charge in [-0.2, -0.15) is 0 Å². The molecular formula is C18H18FN3O. The van der Waals surface area contributed by atoms with Gasteiger partial charge in [-0.1, -0.05) is 13.8 Å². The Labute approximate surface area is 134 Å². The maximum Gasteiger partial charge on any atom is 0.247 e. The van der Waals surface area contributed by atoms with E-state index in [1.807, 2.05) is 30.9 Å². The summed E-state index contributed by atoms with van der Waals surface area (Å²) in [5.74, 6) is -0.242. The first kappa shape index (κ1) is 15.2. The number of hydrogen-bond donors (Lipinski definition) is 1. The van der Waals surface area contributed by atoms with E-state index in [-0.39, 0.29) is 23.8 Å². The topological polar surface area (TPSA) is 45.2 Å².